The topological polar surface area (TPSA) is 71.1 Å². The van der Waals surface area contributed by atoms with Crippen molar-refractivity contribution >= 4 is 27.9 Å². The van der Waals surface area contributed by atoms with Crippen molar-refractivity contribution in [2.45, 2.75) is 13.5 Å². The Labute approximate surface area is 136 Å². The van der Waals surface area contributed by atoms with Crippen LogP contribution in [0.1, 0.15) is 12.5 Å². The highest BCUT2D eigenvalue weighted by Crippen LogP contribution is 2.35. The number of fused-ring (bicyclic) bond motifs is 1. The van der Waals surface area contributed by atoms with Crippen LogP contribution in [0, 0.1) is 0 Å². The standard InChI is InChI=1S/C15H15BrO6/c1-2-19-14(17)3-4-15(18)22-9-10-7-12-13(8-11(10)16)21-6-5-20-12/h3-4,7-8H,2,5-6,9H2,1H3/b4-3+. The molecule has 0 bridgehead atoms. The van der Waals surface area contributed by atoms with Gasteiger partial charge in [-0.2, -0.15) is 0 Å². The molecule has 0 amide bonds. The summed E-state index contributed by atoms with van der Waals surface area (Å²) in [5.41, 5.74) is 0.738. The van der Waals surface area contributed by atoms with Gasteiger partial charge in [-0.05, 0) is 19.1 Å². The molecule has 0 spiro atoms. The molecular formula is C15H15BrO6. The van der Waals surface area contributed by atoms with E-state index in [0.717, 1.165) is 22.2 Å². The minimum Gasteiger partial charge on any atom is -0.486 e. The van der Waals surface area contributed by atoms with Gasteiger partial charge in [0.05, 0.1) is 6.61 Å². The van der Waals surface area contributed by atoms with Gasteiger partial charge in [-0.3, -0.25) is 0 Å². The number of halogens is 1. The molecule has 2 rings (SSSR count). The Morgan fingerprint density at radius 1 is 1.14 bits per heavy atom. The van der Waals surface area contributed by atoms with Crippen molar-refractivity contribution in [3.05, 3.63) is 34.3 Å². The van der Waals surface area contributed by atoms with Gasteiger partial charge in [0.15, 0.2) is 11.5 Å². The van der Waals surface area contributed by atoms with Crippen LogP contribution in [0.5, 0.6) is 11.5 Å². The molecule has 1 aliphatic heterocycles. The van der Waals surface area contributed by atoms with E-state index >= 15 is 0 Å². The number of esters is 2. The molecule has 0 saturated carbocycles. The molecule has 1 heterocycles. The van der Waals surface area contributed by atoms with Crippen molar-refractivity contribution in [1.29, 1.82) is 0 Å². The Balaban J connectivity index is 1.94. The van der Waals surface area contributed by atoms with Crippen LogP contribution in [0.25, 0.3) is 0 Å². The fraction of sp³-hybridized carbons (Fsp3) is 0.333. The zero-order valence-electron chi connectivity index (χ0n) is 12.0. The predicted molar refractivity (Wildman–Crippen MR) is 80.7 cm³/mol. The van der Waals surface area contributed by atoms with Gasteiger partial charge in [0.2, 0.25) is 0 Å². The largest absolute Gasteiger partial charge is 0.486 e. The summed E-state index contributed by atoms with van der Waals surface area (Å²) in [5.74, 6) is 0.0489. The first kappa shape index (κ1) is 16.4. The smallest absolute Gasteiger partial charge is 0.331 e. The molecule has 0 N–H and O–H groups in total. The van der Waals surface area contributed by atoms with Crippen molar-refractivity contribution in [2.75, 3.05) is 19.8 Å². The molecule has 0 aromatic heterocycles. The minimum atomic E-state index is -0.630. The van der Waals surface area contributed by atoms with Crippen LogP contribution in [0.4, 0.5) is 0 Å². The second-order valence-electron chi connectivity index (χ2n) is 4.28. The molecule has 0 fully saturated rings. The maximum atomic E-state index is 11.5. The fourth-order valence-corrected chi connectivity index (χ4v) is 2.18. The molecule has 22 heavy (non-hydrogen) atoms. The average molecular weight is 371 g/mol. The van der Waals surface area contributed by atoms with E-state index in [1.807, 2.05) is 0 Å². The highest BCUT2D eigenvalue weighted by Gasteiger charge is 2.15. The maximum absolute atomic E-state index is 11.5. The highest BCUT2D eigenvalue weighted by molar-refractivity contribution is 9.10. The van der Waals surface area contributed by atoms with E-state index in [-0.39, 0.29) is 13.2 Å². The summed E-state index contributed by atoms with van der Waals surface area (Å²) in [4.78, 5) is 22.6. The van der Waals surface area contributed by atoms with Gasteiger partial charge in [0, 0.05) is 22.2 Å². The number of benzene rings is 1. The van der Waals surface area contributed by atoms with Crippen molar-refractivity contribution in [3.63, 3.8) is 0 Å². The van der Waals surface area contributed by atoms with Crippen molar-refractivity contribution < 1.29 is 28.5 Å². The van der Waals surface area contributed by atoms with Crippen molar-refractivity contribution in [2.24, 2.45) is 0 Å². The molecule has 1 aromatic carbocycles. The molecular weight excluding hydrogens is 356 g/mol. The third kappa shape index (κ3) is 4.49. The number of ether oxygens (including phenoxy) is 4. The van der Waals surface area contributed by atoms with Crippen LogP contribution in [0.3, 0.4) is 0 Å². The Morgan fingerprint density at radius 2 is 1.73 bits per heavy atom. The van der Waals surface area contributed by atoms with E-state index in [4.69, 9.17) is 14.2 Å². The lowest BCUT2D eigenvalue weighted by atomic mass is 10.2. The normalized spacial score (nSPS) is 13.0. The molecule has 1 aliphatic rings. The Bertz CT molecular complexity index is 596. The third-order valence-electron chi connectivity index (χ3n) is 2.72. The van der Waals surface area contributed by atoms with Crippen LogP contribution in [0.15, 0.2) is 28.8 Å². The lowest BCUT2D eigenvalue weighted by molar-refractivity contribution is -0.141. The number of hydrogen-bond acceptors (Lipinski definition) is 6. The summed E-state index contributed by atoms with van der Waals surface area (Å²) in [6, 6.07) is 3.52. The highest BCUT2D eigenvalue weighted by atomic mass is 79.9. The van der Waals surface area contributed by atoms with Crippen LogP contribution in [0.2, 0.25) is 0 Å². The molecule has 0 radical (unpaired) electrons. The molecule has 0 saturated heterocycles. The summed E-state index contributed by atoms with van der Waals surface area (Å²) in [6.07, 6.45) is 2.06. The summed E-state index contributed by atoms with van der Waals surface area (Å²) in [7, 11) is 0. The van der Waals surface area contributed by atoms with E-state index in [1.54, 1.807) is 19.1 Å². The van der Waals surface area contributed by atoms with Gasteiger partial charge in [-0.15, -0.1) is 0 Å². The van der Waals surface area contributed by atoms with Gasteiger partial charge in [0.25, 0.3) is 0 Å². The Morgan fingerprint density at radius 3 is 2.36 bits per heavy atom. The van der Waals surface area contributed by atoms with E-state index < -0.39 is 11.9 Å². The number of carbonyl (C=O) groups excluding carboxylic acids is 2. The molecule has 0 aliphatic carbocycles. The molecule has 7 heteroatoms. The molecule has 0 atom stereocenters. The van der Waals surface area contributed by atoms with Gasteiger partial charge in [-0.1, -0.05) is 15.9 Å². The van der Waals surface area contributed by atoms with Crippen LogP contribution in [-0.2, 0) is 25.7 Å². The first-order valence-corrected chi connectivity index (χ1v) is 7.49. The van der Waals surface area contributed by atoms with E-state index in [0.29, 0.717) is 24.7 Å². The average Bonchev–Trinajstić information content (AvgIpc) is 2.51. The maximum Gasteiger partial charge on any atom is 0.331 e. The monoisotopic (exact) mass is 370 g/mol. The summed E-state index contributed by atoms with van der Waals surface area (Å²) >= 11 is 3.39. The van der Waals surface area contributed by atoms with Gasteiger partial charge >= 0.3 is 11.9 Å². The first-order chi connectivity index (χ1) is 10.6. The van der Waals surface area contributed by atoms with Crippen molar-refractivity contribution in [3.8, 4) is 11.5 Å². The van der Waals surface area contributed by atoms with E-state index in [1.165, 1.54) is 0 Å². The SMILES string of the molecule is CCOC(=O)/C=C/C(=O)OCc1cc2c(cc1Br)OCCO2. The number of rotatable bonds is 5. The summed E-state index contributed by atoms with van der Waals surface area (Å²) in [5, 5.41) is 0. The summed E-state index contributed by atoms with van der Waals surface area (Å²) in [6.45, 7) is 2.97. The third-order valence-corrected chi connectivity index (χ3v) is 3.46. The fourth-order valence-electron chi connectivity index (χ4n) is 1.74. The molecule has 0 unspecified atom stereocenters. The Hall–Kier alpha value is -2.02. The van der Waals surface area contributed by atoms with Crippen LogP contribution >= 0.6 is 15.9 Å². The second-order valence-corrected chi connectivity index (χ2v) is 5.13. The minimum absolute atomic E-state index is 0.0449. The van der Waals surface area contributed by atoms with Gasteiger partial charge in [0.1, 0.15) is 19.8 Å². The quantitative estimate of drug-likeness (QED) is 0.585. The lowest BCUT2D eigenvalue weighted by Gasteiger charge is -2.19. The van der Waals surface area contributed by atoms with E-state index in [9.17, 15) is 9.59 Å². The number of carbonyl (C=O) groups is 2. The van der Waals surface area contributed by atoms with Crippen LogP contribution < -0.4 is 9.47 Å². The van der Waals surface area contributed by atoms with Gasteiger partial charge in [-0.25, -0.2) is 9.59 Å². The van der Waals surface area contributed by atoms with E-state index in [2.05, 4.69) is 20.7 Å². The predicted octanol–water partition coefficient (Wildman–Crippen LogP) is 2.38. The first-order valence-electron chi connectivity index (χ1n) is 6.69. The molecule has 118 valence electrons. The lowest BCUT2D eigenvalue weighted by Crippen LogP contribution is -2.15. The summed E-state index contributed by atoms with van der Waals surface area (Å²) < 4.78 is 21.4. The molecule has 1 aromatic rings. The Kier molecular flexibility index (Phi) is 5.83. The zero-order valence-corrected chi connectivity index (χ0v) is 13.6. The van der Waals surface area contributed by atoms with Crippen LogP contribution in [-0.4, -0.2) is 31.8 Å². The van der Waals surface area contributed by atoms with Crippen molar-refractivity contribution in [1.82, 2.24) is 0 Å². The molecule has 6 nitrogen and oxygen atoms in total. The number of hydrogen-bond donors (Lipinski definition) is 0. The second kappa shape index (κ2) is 7.84. The zero-order chi connectivity index (χ0) is 15.9. The van der Waals surface area contributed by atoms with Gasteiger partial charge < -0.3 is 18.9 Å².